The number of aliphatic hydroxyl groups is 1. The van der Waals surface area contributed by atoms with Crippen LogP contribution in [0, 0.1) is 12.8 Å². The number of rotatable bonds is 7. The first-order chi connectivity index (χ1) is 18.7. The Bertz CT molecular complexity index is 1210. The molecule has 10 heteroatoms. The summed E-state index contributed by atoms with van der Waals surface area (Å²) in [5.41, 5.74) is 3.66. The van der Waals surface area contributed by atoms with Gasteiger partial charge in [-0.2, -0.15) is 5.10 Å². The summed E-state index contributed by atoms with van der Waals surface area (Å²) in [6.07, 6.45) is 0.538. The molecule has 0 radical (unpaired) electrons. The van der Waals surface area contributed by atoms with E-state index in [9.17, 15) is 23.5 Å². The summed E-state index contributed by atoms with van der Waals surface area (Å²) in [6.45, 7) is 3.95. The fraction of sp³-hybridized carbons (Fsp3) is 0.621. The number of halogens is 3. The van der Waals surface area contributed by atoms with E-state index in [2.05, 4.69) is 16.1 Å². The van der Waals surface area contributed by atoms with Crippen LogP contribution in [0.3, 0.4) is 0 Å². The van der Waals surface area contributed by atoms with Crippen molar-refractivity contribution in [3.63, 3.8) is 0 Å². The molecule has 0 spiro atoms. The summed E-state index contributed by atoms with van der Waals surface area (Å²) in [4.78, 5) is 29.9. The number of benzene rings is 1. The monoisotopic (exact) mass is 562 g/mol. The van der Waals surface area contributed by atoms with Gasteiger partial charge < -0.3 is 14.9 Å². The number of likely N-dealkylation sites (tertiary alicyclic amines) is 1. The van der Waals surface area contributed by atoms with Crippen molar-refractivity contribution in [1.82, 2.24) is 14.7 Å². The van der Waals surface area contributed by atoms with E-state index in [1.54, 1.807) is 4.68 Å². The first-order valence-electron chi connectivity index (χ1n) is 14.1. The SMILES string of the molecule is Cc1c(Cl)cccc1N1CCC(CCC(=O)Cn2nc(C(=O)N3CC[C@@H](O)[C@@H](F)C3)c3c2CCC(F)C3)CC1. The lowest BCUT2D eigenvalue weighted by Gasteiger charge is -2.34. The van der Waals surface area contributed by atoms with Crippen LogP contribution in [0.5, 0.6) is 0 Å². The Labute approximate surface area is 233 Å². The van der Waals surface area contributed by atoms with E-state index in [-0.39, 0.29) is 44.0 Å². The standard InChI is InChI=1S/C29H37ClF2N4O3/c1-18-23(30)3-2-4-25(18)34-12-9-19(10-13-34)5-7-21(37)16-36-26-8-6-20(31)15-22(26)28(33-36)29(39)35-14-11-27(38)24(32)17-35/h2-4,19-20,24,27,38H,5-17H2,1H3/t20?,24-,27+/m0/s1. The predicted molar refractivity (Wildman–Crippen MR) is 146 cm³/mol. The van der Waals surface area contributed by atoms with Crippen LogP contribution in [0.4, 0.5) is 14.5 Å². The second kappa shape index (κ2) is 11.9. The van der Waals surface area contributed by atoms with Gasteiger partial charge in [0.15, 0.2) is 11.5 Å². The molecule has 1 unspecified atom stereocenters. The normalized spacial score (nSPS) is 24.1. The minimum Gasteiger partial charge on any atom is -0.390 e. The number of nitrogens with zero attached hydrogens (tertiary/aromatic N) is 4. The fourth-order valence-corrected chi connectivity index (χ4v) is 6.36. The van der Waals surface area contributed by atoms with Crippen LogP contribution in [0.25, 0.3) is 0 Å². The third kappa shape index (κ3) is 6.14. The Kier molecular flexibility index (Phi) is 8.57. The highest BCUT2D eigenvalue weighted by atomic mass is 35.5. The van der Waals surface area contributed by atoms with E-state index in [4.69, 9.17) is 11.6 Å². The van der Waals surface area contributed by atoms with Crippen molar-refractivity contribution in [2.45, 2.75) is 83.3 Å². The van der Waals surface area contributed by atoms with Gasteiger partial charge >= 0.3 is 0 Å². The zero-order valence-electron chi connectivity index (χ0n) is 22.4. The molecule has 2 aliphatic heterocycles. The van der Waals surface area contributed by atoms with E-state index < -0.39 is 24.4 Å². The summed E-state index contributed by atoms with van der Waals surface area (Å²) in [5.74, 6) is 0.0475. The maximum absolute atomic E-state index is 14.3. The topological polar surface area (TPSA) is 78.7 Å². The van der Waals surface area contributed by atoms with Gasteiger partial charge in [-0.25, -0.2) is 8.78 Å². The molecule has 7 nitrogen and oxygen atoms in total. The van der Waals surface area contributed by atoms with Crippen LogP contribution in [0.1, 0.15) is 65.8 Å². The summed E-state index contributed by atoms with van der Waals surface area (Å²) < 4.78 is 30.0. The van der Waals surface area contributed by atoms with Crippen molar-refractivity contribution < 1.29 is 23.5 Å². The highest BCUT2D eigenvalue weighted by Gasteiger charge is 2.35. The maximum atomic E-state index is 14.3. The average Bonchev–Trinajstić information content (AvgIpc) is 3.27. The van der Waals surface area contributed by atoms with Gasteiger partial charge in [-0.15, -0.1) is 0 Å². The van der Waals surface area contributed by atoms with Gasteiger partial charge in [0.1, 0.15) is 12.3 Å². The number of Topliss-reactive ketones (excluding diaryl/α,β-unsaturated/α-hetero) is 1. The van der Waals surface area contributed by atoms with Crippen LogP contribution >= 0.6 is 11.6 Å². The molecular formula is C29H37ClF2N4O3. The molecular weight excluding hydrogens is 526 g/mol. The Hall–Kier alpha value is -2.52. The fourth-order valence-electron chi connectivity index (χ4n) is 6.19. The van der Waals surface area contributed by atoms with E-state index in [1.165, 1.54) is 10.6 Å². The molecule has 1 aliphatic carbocycles. The van der Waals surface area contributed by atoms with Crippen LogP contribution in [0.15, 0.2) is 18.2 Å². The van der Waals surface area contributed by atoms with E-state index in [0.29, 0.717) is 30.7 Å². The zero-order chi connectivity index (χ0) is 27.7. The van der Waals surface area contributed by atoms with Crippen LogP contribution in [0.2, 0.25) is 5.02 Å². The number of carbonyl (C=O) groups is 2. The molecule has 3 aliphatic rings. The van der Waals surface area contributed by atoms with E-state index >= 15 is 0 Å². The quantitative estimate of drug-likeness (QED) is 0.538. The Morgan fingerprint density at radius 2 is 1.90 bits per heavy atom. The molecule has 1 amide bonds. The van der Waals surface area contributed by atoms with Crippen molar-refractivity contribution in [3.8, 4) is 0 Å². The smallest absolute Gasteiger partial charge is 0.274 e. The van der Waals surface area contributed by atoms with Crippen molar-refractivity contribution >= 4 is 29.0 Å². The largest absolute Gasteiger partial charge is 0.390 e. The van der Waals surface area contributed by atoms with Gasteiger partial charge in [0.05, 0.1) is 19.2 Å². The van der Waals surface area contributed by atoms with E-state index in [1.807, 2.05) is 19.1 Å². The number of aliphatic hydroxyl groups excluding tert-OH is 1. The molecule has 212 valence electrons. The molecule has 2 saturated heterocycles. The zero-order valence-corrected chi connectivity index (χ0v) is 23.2. The summed E-state index contributed by atoms with van der Waals surface area (Å²) in [6, 6.07) is 5.98. The average molecular weight is 563 g/mol. The number of alkyl halides is 2. The highest BCUT2D eigenvalue weighted by Crippen LogP contribution is 2.32. The molecule has 1 aromatic carbocycles. The Morgan fingerprint density at radius 1 is 1.13 bits per heavy atom. The first-order valence-corrected chi connectivity index (χ1v) is 14.4. The van der Waals surface area contributed by atoms with Gasteiger partial charge in [-0.05, 0) is 69.1 Å². The lowest BCUT2D eigenvalue weighted by Crippen LogP contribution is -2.47. The van der Waals surface area contributed by atoms with Crippen LogP contribution in [-0.4, -0.2) is 76.1 Å². The third-order valence-electron chi connectivity index (χ3n) is 8.64. The number of piperidine rings is 2. The maximum Gasteiger partial charge on any atom is 0.274 e. The lowest BCUT2D eigenvalue weighted by atomic mass is 9.90. The Morgan fingerprint density at radius 3 is 2.64 bits per heavy atom. The number of hydrogen-bond acceptors (Lipinski definition) is 5. The number of amides is 1. The number of anilines is 1. The lowest BCUT2D eigenvalue weighted by molar-refractivity contribution is -0.120. The van der Waals surface area contributed by atoms with Crippen molar-refractivity contribution in [2.75, 3.05) is 31.1 Å². The van der Waals surface area contributed by atoms with Crippen LogP contribution in [-0.2, 0) is 24.2 Å². The van der Waals surface area contributed by atoms with Gasteiger partial charge in [0, 0.05) is 54.4 Å². The molecule has 3 atom stereocenters. The number of fused-ring (bicyclic) bond motifs is 1. The summed E-state index contributed by atoms with van der Waals surface area (Å²) >= 11 is 6.30. The summed E-state index contributed by atoms with van der Waals surface area (Å²) in [7, 11) is 0. The van der Waals surface area contributed by atoms with Crippen molar-refractivity contribution in [1.29, 1.82) is 0 Å². The minimum atomic E-state index is -1.52. The second-order valence-corrected chi connectivity index (χ2v) is 11.7. The molecule has 1 N–H and O–H groups in total. The molecule has 2 aromatic rings. The Balaban J connectivity index is 1.19. The third-order valence-corrected chi connectivity index (χ3v) is 9.04. The first kappa shape index (κ1) is 28.0. The molecule has 0 bridgehead atoms. The molecule has 39 heavy (non-hydrogen) atoms. The molecule has 1 aromatic heterocycles. The number of aromatic nitrogens is 2. The highest BCUT2D eigenvalue weighted by molar-refractivity contribution is 6.31. The van der Waals surface area contributed by atoms with Crippen LogP contribution < -0.4 is 4.90 Å². The van der Waals surface area contributed by atoms with Crippen molar-refractivity contribution in [2.24, 2.45) is 5.92 Å². The van der Waals surface area contributed by atoms with Gasteiger partial charge in [0.2, 0.25) is 0 Å². The van der Waals surface area contributed by atoms with Crippen molar-refractivity contribution in [3.05, 3.63) is 45.7 Å². The van der Waals surface area contributed by atoms with Gasteiger partial charge in [-0.3, -0.25) is 14.3 Å². The number of hydrogen-bond donors (Lipinski definition) is 1. The molecule has 0 saturated carbocycles. The predicted octanol–water partition coefficient (Wildman–Crippen LogP) is 4.48. The second-order valence-electron chi connectivity index (χ2n) is 11.3. The van der Waals surface area contributed by atoms with Gasteiger partial charge in [0.25, 0.3) is 5.91 Å². The van der Waals surface area contributed by atoms with E-state index in [0.717, 1.165) is 48.6 Å². The summed E-state index contributed by atoms with van der Waals surface area (Å²) in [5, 5.41) is 14.9. The molecule has 2 fully saturated rings. The van der Waals surface area contributed by atoms with Gasteiger partial charge in [-0.1, -0.05) is 17.7 Å². The molecule has 5 rings (SSSR count). The number of carbonyl (C=O) groups excluding carboxylic acids is 2. The minimum absolute atomic E-state index is 0.0414. The molecule has 3 heterocycles. The number of ketones is 1.